The zero-order chi connectivity index (χ0) is 10.5. The number of carbonyl (C=O) groups is 2. The third-order valence-corrected chi connectivity index (χ3v) is 2.62. The number of carbonyl (C=O) groups excluding carboxylic acids is 1. The van der Waals surface area contributed by atoms with Crippen LogP contribution in [0, 0.1) is 5.41 Å². The zero-order valence-electron chi connectivity index (χ0n) is 8.09. The van der Waals surface area contributed by atoms with Crippen molar-refractivity contribution in [3.63, 3.8) is 0 Å². The van der Waals surface area contributed by atoms with E-state index in [0.717, 1.165) is 0 Å². The highest BCUT2D eigenvalue weighted by Crippen LogP contribution is 2.23. The summed E-state index contributed by atoms with van der Waals surface area (Å²) in [4.78, 5) is 22.1. The molecule has 0 aromatic heterocycles. The Labute approximate surface area is 82.1 Å². The average Bonchev–Trinajstić information content (AvgIpc) is 2.12. The number of amides is 1. The Balaban J connectivity index is 4.52. The lowest BCUT2D eigenvalue weighted by molar-refractivity contribution is -0.154. The fourth-order valence-electron chi connectivity index (χ4n) is 0.900. The summed E-state index contributed by atoms with van der Waals surface area (Å²) in [5.74, 6) is -0.842. The maximum Gasteiger partial charge on any atom is 0.318 e. The van der Waals surface area contributed by atoms with E-state index < -0.39 is 17.3 Å². The van der Waals surface area contributed by atoms with E-state index in [4.69, 9.17) is 5.11 Å². The van der Waals surface area contributed by atoms with Crippen LogP contribution >= 0.6 is 11.8 Å². The van der Waals surface area contributed by atoms with E-state index in [2.05, 4.69) is 5.32 Å². The van der Waals surface area contributed by atoms with Crippen molar-refractivity contribution < 1.29 is 14.7 Å². The second-order valence-corrected chi connectivity index (χ2v) is 3.94. The smallest absolute Gasteiger partial charge is 0.318 e. The maximum absolute atomic E-state index is 11.3. The zero-order valence-corrected chi connectivity index (χ0v) is 8.90. The molecule has 4 nitrogen and oxygen atoms in total. The van der Waals surface area contributed by atoms with Crippen LogP contribution in [0.3, 0.4) is 0 Å². The van der Waals surface area contributed by atoms with E-state index in [0.29, 0.717) is 12.2 Å². The molecule has 0 aliphatic rings. The van der Waals surface area contributed by atoms with Crippen LogP contribution in [0.1, 0.15) is 13.3 Å². The van der Waals surface area contributed by atoms with E-state index in [1.165, 1.54) is 25.7 Å². The van der Waals surface area contributed by atoms with Gasteiger partial charge in [-0.25, -0.2) is 0 Å². The Morgan fingerprint density at radius 1 is 1.54 bits per heavy atom. The minimum atomic E-state index is -1.29. The molecule has 13 heavy (non-hydrogen) atoms. The first-order valence-corrected chi connectivity index (χ1v) is 5.33. The first-order valence-electron chi connectivity index (χ1n) is 3.93. The number of aliphatic carboxylic acids is 1. The highest BCUT2D eigenvalue weighted by Gasteiger charge is 2.39. The highest BCUT2D eigenvalue weighted by atomic mass is 32.2. The molecule has 76 valence electrons. The maximum atomic E-state index is 11.3. The molecular formula is C8H15NO3S. The molecule has 0 rings (SSSR count). The van der Waals surface area contributed by atoms with Gasteiger partial charge in [-0.05, 0) is 25.4 Å². The Hall–Kier alpha value is -0.710. The van der Waals surface area contributed by atoms with Crippen molar-refractivity contribution in [3.05, 3.63) is 0 Å². The van der Waals surface area contributed by atoms with Gasteiger partial charge in [-0.1, -0.05) is 0 Å². The molecule has 0 aromatic carbocycles. The lowest BCUT2D eigenvalue weighted by Crippen LogP contribution is -2.43. The Bertz CT molecular complexity index is 208. The van der Waals surface area contributed by atoms with Crippen molar-refractivity contribution in [2.24, 2.45) is 5.41 Å². The van der Waals surface area contributed by atoms with E-state index in [1.807, 2.05) is 6.26 Å². The lowest BCUT2D eigenvalue weighted by atomic mass is 9.87. The quantitative estimate of drug-likeness (QED) is 0.644. The van der Waals surface area contributed by atoms with Gasteiger partial charge in [-0.3, -0.25) is 9.59 Å². The van der Waals surface area contributed by atoms with Gasteiger partial charge in [0.2, 0.25) is 5.91 Å². The van der Waals surface area contributed by atoms with E-state index in [9.17, 15) is 9.59 Å². The van der Waals surface area contributed by atoms with Crippen molar-refractivity contribution in [1.29, 1.82) is 0 Å². The average molecular weight is 205 g/mol. The Kier molecular flexibility index (Phi) is 4.83. The number of hydrogen-bond acceptors (Lipinski definition) is 3. The fraction of sp³-hybridized carbons (Fsp3) is 0.750. The van der Waals surface area contributed by atoms with E-state index in [1.54, 1.807) is 0 Å². The van der Waals surface area contributed by atoms with Crippen molar-refractivity contribution in [1.82, 2.24) is 5.32 Å². The summed E-state index contributed by atoms with van der Waals surface area (Å²) in [5.41, 5.74) is -1.29. The monoisotopic (exact) mass is 205 g/mol. The number of nitrogens with one attached hydrogen (secondary N) is 1. The standard InChI is InChI=1S/C8H15NO3S/c1-8(7(11)12,4-5-13-3)6(10)9-2/h4-5H2,1-3H3,(H,9,10)(H,11,12). The summed E-state index contributed by atoms with van der Waals surface area (Å²) in [6.45, 7) is 1.45. The summed E-state index contributed by atoms with van der Waals surface area (Å²) >= 11 is 1.53. The minimum Gasteiger partial charge on any atom is -0.480 e. The van der Waals surface area contributed by atoms with Crippen LogP contribution in [0.4, 0.5) is 0 Å². The predicted octanol–water partition coefficient (Wildman–Crippen LogP) is 0.576. The largest absolute Gasteiger partial charge is 0.480 e. The first kappa shape index (κ1) is 12.3. The van der Waals surface area contributed by atoms with E-state index >= 15 is 0 Å². The molecule has 0 aromatic rings. The van der Waals surface area contributed by atoms with Gasteiger partial charge in [0.1, 0.15) is 5.41 Å². The van der Waals surface area contributed by atoms with Gasteiger partial charge in [0.25, 0.3) is 0 Å². The Morgan fingerprint density at radius 3 is 2.38 bits per heavy atom. The molecule has 0 saturated heterocycles. The second-order valence-electron chi connectivity index (χ2n) is 2.96. The number of rotatable bonds is 5. The van der Waals surface area contributed by atoms with Crippen LogP contribution in [-0.2, 0) is 9.59 Å². The molecule has 5 heteroatoms. The number of thioether (sulfide) groups is 1. The molecule has 0 fully saturated rings. The molecule has 1 unspecified atom stereocenters. The minimum absolute atomic E-state index is 0.350. The number of carboxylic acid groups (broad SMARTS) is 1. The normalized spacial score (nSPS) is 14.7. The molecule has 1 amide bonds. The third-order valence-electron chi connectivity index (χ3n) is 2.01. The first-order chi connectivity index (χ1) is 5.99. The van der Waals surface area contributed by atoms with Crippen molar-refractivity contribution in [2.45, 2.75) is 13.3 Å². The van der Waals surface area contributed by atoms with Crippen molar-refractivity contribution in [2.75, 3.05) is 19.1 Å². The summed E-state index contributed by atoms with van der Waals surface area (Å²) < 4.78 is 0. The van der Waals surface area contributed by atoms with Gasteiger partial charge in [-0.15, -0.1) is 0 Å². The van der Waals surface area contributed by atoms with Crippen LogP contribution in [-0.4, -0.2) is 36.0 Å². The molecule has 2 N–H and O–H groups in total. The van der Waals surface area contributed by atoms with Crippen molar-refractivity contribution >= 4 is 23.6 Å². The summed E-state index contributed by atoms with van der Waals surface area (Å²) in [7, 11) is 1.45. The molecule has 1 atom stereocenters. The summed E-state index contributed by atoms with van der Waals surface area (Å²) in [6.07, 6.45) is 2.23. The van der Waals surface area contributed by atoms with Crippen LogP contribution in [0.15, 0.2) is 0 Å². The predicted molar refractivity (Wildman–Crippen MR) is 52.8 cm³/mol. The van der Waals surface area contributed by atoms with Crippen LogP contribution in [0.5, 0.6) is 0 Å². The van der Waals surface area contributed by atoms with Gasteiger partial charge in [-0.2, -0.15) is 11.8 Å². The number of carboxylic acids is 1. The molecule has 0 aliphatic heterocycles. The second kappa shape index (κ2) is 5.11. The molecular weight excluding hydrogens is 190 g/mol. The van der Waals surface area contributed by atoms with Crippen LogP contribution in [0.25, 0.3) is 0 Å². The summed E-state index contributed by atoms with van der Waals surface area (Å²) in [5, 5.41) is 11.3. The SMILES string of the molecule is CNC(=O)C(C)(CCSC)C(=O)O. The summed E-state index contributed by atoms with van der Waals surface area (Å²) in [6, 6.07) is 0. The number of hydrogen-bond donors (Lipinski definition) is 2. The molecule has 0 spiro atoms. The van der Waals surface area contributed by atoms with Crippen LogP contribution in [0.2, 0.25) is 0 Å². The van der Waals surface area contributed by atoms with Gasteiger partial charge in [0.05, 0.1) is 0 Å². The van der Waals surface area contributed by atoms with Crippen LogP contribution < -0.4 is 5.32 Å². The molecule has 0 heterocycles. The topological polar surface area (TPSA) is 66.4 Å². The molecule has 0 bridgehead atoms. The van der Waals surface area contributed by atoms with Crippen molar-refractivity contribution in [3.8, 4) is 0 Å². The fourth-order valence-corrected chi connectivity index (χ4v) is 1.51. The van der Waals surface area contributed by atoms with E-state index in [-0.39, 0.29) is 0 Å². The Morgan fingerprint density at radius 2 is 2.08 bits per heavy atom. The third kappa shape index (κ3) is 2.91. The van der Waals surface area contributed by atoms with Gasteiger partial charge in [0, 0.05) is 7.05 Å². The van der Waals surface area contributed by atoms with Gasteiger partial charge < -0.3 is 10.4 Å². The molecule has 0 saturated carbocycles. The van der Waals surface area contributed by atoms with Gasteiger partial charge in [0.15, 0.2) is 0 Å². The molecule has 0 radical (unpaired) electrons. The highest BCUT2D eigenvalue weighted by molar-refractivity contribution is 7.98. The molecule has 0 aliphatic carbocycles. The van der Waals surface area contributed by atoms with Gasteiger partial charge >= 0.3 is 5.97 Å². The lowest BCUT2D eigenvalue weighted by Gasteiger charge is -2.21.